The van der Waals surface area contributed by atoms with Crippen LogP contribution >= 0.6 is 12.6 Å². The lowest BCUT2D eigenvalue weighted by Gasteiger charge is -2.29. The maximum atomic E-state index is 12.7. The van der Waals surface area contributed by atoms with E-state index in [1.165, 1.54) is 18.7 Å². The quantitative estimate of drug-likeness (QED) is 0.254. The zero-order chi connectivity index (χ0) is 20.0. The number of carbonyl (C=O) groups excluding carboxylic acids is 3. The van der Waals surface area contributed by atoms with Crippen LogP contribution in [0.3, 0.4) is 0 Å². The number of likely N-dealkylation sites (tertiary alicyclic amines) is 1. The van der Waals surface area contributed by atoms with Crippen molar-refractivity contribution in [2.45, 2.75) is 57.0 Å². The van der Waals surface area contributed by atoms with Crippen molar-refractivity contribution in [1.82, 2.24) is 15.5 Å². The van der Waals surface area contributed by atoms with Crippen LogP contribution in [0.25, 0.3) is 0 Å². The average molecular weight is 390 g/mol. The zero-order valence-electron chi connectivity index (χ0n) is 14.7. The van der Waals surface area contributed by atoms with Crippen LogP contribution in [-0.4, -0.2) is 81.4 Å². The number of aliphatic hydroxyl groups excluding tert-OH is 1. The topological polar surface area (TPSA) is 162 Å². The molecule has 6 N–H and O–H groups in total. The Morgan fingerprint density at radius 3 is 2.38 bits per heavy atom. The standard InChI is InChI=1S/C15H26N4O6S/c1-7(15(24)25)17-12(21)10-4-3-5-19(10)14(23)9(6-26)18-13(22)11(16)8(2)20/h7-11,20,26H,3-6,16H2,1-2H3,(H,17,21)(H,18,22)(H,24,25). The molecule has 1 fully saturated rings. The lowest BCUT2D eigenvalue weighted by molar-refractivity contribution is -0.144. The number of aliphatic hydroxyl groups is 1. The summed E-state index contributed by atoms with van der Waals surface area (Å²) in [7, 11) is 0. The van der Waals surface area contributed by atoms with E-state index >= 15 is 0 Å². The maximum Gasteiger partial charge on any atom is 0.325 e. The fraction of sp³-hybridized carbons (Fsp3) is 0.733. The average Bonchev–Trinajstić information content (AvgIpc) is 3.07. The number of aliphatic carboxylic acids is 1. The Morgan fingerprint density at radius 2 is 1.88 bits per heavy atom. The first-order valence-electron chi connectivity index (χ1n) is 8.28. The molecule has 0 radical (unpaired) electrons. The third-order valence-electron chi connectivity index (χ3n) is 4.19. The van der Waals surface area contributed by atoms with Crippen LogP contribution in [0.1, 0.15) is 26.7 Å². The lowest BCUT2D eigenvalue weighted by atomic mass is 10.1. The molecule has 1 aliphatic rings. The summed E-state index contributed by atoms with van der Waals surface area (Å²) in [6.07, 6.45) is -0.121. The summed E-state index contributed by atoms with van der Waals surface area (Å²) in [6.45, 7) is 2.99. The van der Waals surface area contributed by atoms with E-state index in [4.69, 9.17) is 10.8 Å². The van der Waals surface area contributed by atoms with Gasteiger partial charge in [-0.25, -0.2) is 0 Å². The van der Waals surface area contributed by atoms with Crippen LogP contribution in [-0.2, 0) is 19.2 Å². The Balaban J connectivity index is 2.79. The van der Waals surface area contributed by atoms with E-state index < -0.39 is 54.0 Å². The van der Waals surface area contributed by atoms with Crippen LogP contribution in [0, 0.1) is 0 Å². The largest absolute Gasteiger partial charge is 0.480 e. The molecule has 5 atom stereocenters. The van der Waals surface area contributed by atoms with Crippen molar-refractivity contribution < 1.29 is 29.4 Å². The Kier molecular flexibility index (Phi) is 8.31. The van der Waals surface area contributed by atoms with E-state index in [9.17, 15) is 24.3 Å². The normalized spacial score (nSPS) is 21.4. The van der Waals surface area contributed by atoms with E-state index in [0.29, 0.717) is 19.4 Å². The molecule has 10 nitrogen and oxygen atoms in total. The lowest BCUT2D eigenvalue weighted by Crippen LogP contribution is -2.58. The molecule has 0 aromatic carbocycles. The number of carboxylic acids is 1. The maximum absolute atomic E-state index is 12.7. The van der Waals surface area contributed by atoms with Crippen molar-refractivity contribution in [3.05, 3.63) is 0 Å². The van der Waals surface area contributed by atoms with Gasteiger partial charge in [-0.3, -0.25) is 19.2 Å². The van der Waals surface area contributed by atoms with Crippen molar-refractivity contribution in [2.75, 3.05) is 12.3 Å². The molecule has 0 aromatic heterocycles. The Hall–Kier alpha value is -1.85. The van der Waals surface area contributed by atoms with Gasteiger partial charge in [0.2, 0.25) is 17.7 Å². The summed E-state index contributed by atoms with van der Waals surface area (Å²) in [5, 5.41) is 23.0. The molecular weight excluding hydrogens is 364 g/mol. The molecule has 1 aliphatic heterocycles. The van der Waals surface area contributed by atoms with Crippen molar-refractivity contribution in [1.29, 1.82) is 0 Å². The van der Waals surface area contributed by atoms with Gasteiger partial charge < -0.3 is 31.5 Å². The third kappa shape index (κ3) is 5.58. The molecule has 148 valence electrons. The Morgan fingerprint density at radius 1 is 1.27 bits per heavy atom. The van der Waals surface area contributed by atoms with Gasteiger partial charge in [0, 0.05) is 12.3 Å². The van der Waals surface area contributed by atoms with Crippen LogP contribution < -0.4 is 16.4 Å². The van der Waals surface area contributed by atoms with Gasteiger partial charge in [0.1, 0.15) is 24.2 Å². The minimum atomic E-state index is -1.20. The first kappa shape index (κ1) is 22.2. The van der Waals surface area contributed by atoms with Gasteiger partial charge in [-0.05, 0) is 26.7 Å². The summed E-state index contributed by atoms with van der Waals surface area (Å²) in [5.74, 6) is -2.97. The number of rotatable bonds is 8. The molecule has 1 heterocycles. The summed E-state index contributed by atoms with van der Waals surface area (Å²) < 4.78 is 0. The molecule has 0 bridgehead atoms. The monoisotopic (exact) mass is 390 g/mol. The van der Waals surface area contributed by atoms with Gasteiger partial charge in [0.15, 0.2) is 0 Å². The highest BCUT2D eigenvalue weighted by molar-refractivity contribution is 7.80. The second-order valence-corrected chi connectivity index (χ2v) is 6.63. The second-order valence-electron chi connectivity index (χ2n) is 6.27. The van der Waals surface area contributed by atoms with E-state index in [-0.39, 0.29) is 5.75 Å². The summed E-state index contributed by atoms with van der Waals surface area (Å²) in [4.78, 5) is 49.1. The van der Waals surface area contributed by atoms with Crippen molar-refractivity contribution in [2.24, 2.45) is 5.73 Å². The SMILES string of the molecule is CC(NC(=O)C1CCCN1C(=O)C(CS)NC(=O)C(N)C(C)O)C(=O)O. The van der Waals surface area contributed by atoms with Crippen molar-refractivity contribution in [3.63, 3.8) is 0 Å². The third-order valence-corrected chi connectivity index (χ3v) is 4.55. The minimum absolute atomic E-state index is 0.0204. The molecule has 26 heavy (non-hydrogen) atoms. The number of hydrogen-bond acceptors (Lipinski definition) is 7. The Bertz CT molecular complexity index is 558. The highest BCUT2D eigenvalue weighted by Gasteiger charge is 2.38. The number of nitrogens with two attached hydrogens (primary N) is 1. The first-order chi connectivity index (χ1) is 12.1. The summed E-state index contributed by atoms with van der Waals surface area (Å²) >= 11 is 4.06. The van der Waals surface area contributed by atoms with E-state index in [1.807, 2.05) is 0 Å². The summed E-state index contributed by atoms with van der Waals surface area (Å²) in [5.41, 5.74) is 5.54. The number of carboxylic acid groups (broad SMARTS) is 1. The van der Waals surface area contributed by atoms with Gasteiger partial charge >= 0.3 is 5.97 Å². The number of hydrogen-bond donors (Lipinski definition) is 6. The number of nitrogens with one attached hydrogen (secondary N) is 2. The highest BCUT2D eigenvalue weighted by atomic mass is 32.1. The zero-order valence-corrected chi connectivity index (χ0v) is 15.6. The smallest absolute Gasteiger partial charge is 0.325 e. The van der Waals surface area contributed by atoms with Gasteiger partial charge in [-0.1, -0.05) is 0 Å². The number of nitrogens with zero attached hydrogens (tertiary/aromatic N) is 1. The number of amides is 3. The van der Waals surface area contributed by atoms with E-state index in [0.717, 1.165) is 0 Å². The first-order valence-corrected chi connectivity index (χ1v) is 8.91. The molecule has 1 saturated heterocycles. The Labute approximate surface area is 156 Å². The molecule has 0 spiro atoms. The molecule has 11 heteroatoms. The number of thiol groups is 1. The molecule has 3 amide bonds. The van der Waals surface area contributed by atoms with E-state index in [1.54, 1.807) is 0 Å². The summed E-state index contributed by atoms with van der Waals surface area (Å²) in [6, 6.07) is -4.10. The second kappa shape index (κ2) is 9.74. The van der Waals surface area contributed by atoms with Crippen molar-refractivity contribution >= 4 is 36.3 Å². The van der Waals surface area contributed by atoms with Gasteiger partial charge in [0.25, 0.3) is 0 Å². The predicted molar refractivity (Wildman–Crippen MR) is 95.4 cm³/mol. The van der Waals surface area contributed by atoms with Gasteiger partial charge in [-0.2, -0.15) is 12.6 Å². The predicted octanol–water partition coefficient (Wildman–Crippen LogP) is -2.31. The molecule has 0 saturated carbocycles. The van der Waals surface area contributed by atoms with Crippen LogP contribution in [0.4, 0.5) is 0 Å². The molecule has 0 aromatic rings. The minimum Gasteiger partial charge on any atom is -0.480 e. The van der Waals surface area contributed by atoms with E-state index in [2.05, 4.69) is 23.3 Å². The van der Waals surface area contributed by atoms with Gasteiger partial charge in [0.05, 0.1) is 6.10 Å². The van der Waals surface area contributed by atoms with Crippen molar-refractivity contribution in [3.8, 4) is 0 Å². The number of carbonyl (C=O) groups is 4. The molecular formula is C15H26N4O6S. The fourth-order valence-electron chi connectivity index (χ4n) is 2.55. The molecule has 0 aliphatic carbocycles. The van der Waals surface area contributed by atoms with Crippen LogP contribution in [0.15, 0.2) is 0 Å². The van der Waals surface area contributed by atoms with Gasteiger partial charge in [-0.15, -0.1) is 0 Å². The fourth-order valence-corrected chi connectivity index (χ4v) is 2.79. The highest BCUT2D eigenvalue weighted by Crippen LogP contribution is 2.19. The van der Waals surface area contributed by atoms with Crippen LogP contribution in [0.2, 0.25) is 0 Å². The van der Waals surface area contributed by atoms with Crippen LogP contribution in [0.5, 0.6) is 0 Å². The molecule has 5 unspecified atom stereocenters. The molecule has 1 rings (SSSR count).